The lowest BCUT2D eigenvalue weighted by Crippen LogP contribution is -2.31. The molecule has 5 rings (SSSR count). The number of ether oxygens (including phenoxy) is 1. The second kappa shape index (κ2) is 13.1. The third-order valence-electron chi connectivity index (χ3n) is 7.46. The minimum atomic E-state index is -0.597. The molecule has 2 aliphatic heterocycles. The zero-order valence-electron chi connectivity index (χ0n) is 25.1. The van der Waals surface area contributed by atoms with E-state index in [0.717, 1.165) is 67.9 Å². The number of rotatable bonds is 11. The third-order valence-corrected chi connectivity index (χ3v) is 7.46. The number of aryl methyl sites for hydroxylation is 2. The molecule has 0 unspecified atom stereocenters. The van der Waals surface area contributed by atoms with E-state index in [2.05, 4.69) is 61.4 Å². The third kappa shape index (κ3) is 6.56. The molecule has 1 fully saturated rings. The highest BCUT2D eigenvalue weighted by Crippen LogP contribution is 2.42. The highest BCUT2D eigenvalue weighted by molar-refractivity contribution is 6.03. The van der Waals surface area contributed by atoms with E-state index in [1.807, 2.05) is 25.1 Å². The van der Waals surface area contributed by atoms with Gasteiger partial charge in [-0.05, 0) is 81.5 Å². The second-order valence-corrected chi connectivity index (χ2v) is 10.7. The van der Waals surface area contributed by atoms with Crippen LogP contribution < -0.4 is 15.4 Å². The van der Waals surface area contributed by atoms with Gasteiger partial charge in [-0.2, -0.15) is 0 Å². The monoisotopic (exact) mass is 583 g/mol. The second-order valence-electron chi connectivity index (χ2n) is 10.7. The van der Waals surface area contributed by atoms with Crippen molar-refractivity contribution in [2.45, 2.75) is 59.8 Å². The minimum absolute atomic E-state index is 0.0809. The zero-order valence-corrected chi connectivity index (χ0v) is 25.1. The van der Waals surface area contributed by atoms with Crippen LogP contribution in [0.15, 0.2) is 57.9 Å². The van der Waals surface area contributed by atoms with Crippen molar-refractivity contribution in [1.29, 1.82) is 0 Å². The average Bonchev–Trinajstić information content (AvgIpc) is 3.30. The maximum atomic E-state index is 12.0. The smallest absolute Gasteiger partial charge is 0.333 e. The lowest BCUT2D eigenvalue weighted by atomic mass is 9.91. The van der Waals surface area contributed by atoms with Crippen molar-refractivity contribution in [2.24, 2.45) is 4.99 Å². The largest absolute Gasteiger partial charge is 0.494 e. The van der Waals surface area contributed by atoms with Crippen LogP contribution >= 0.6 is 0 Å². The fraction of sp³-hybridized carbons (Fsp3) is 0.353. The number of hydroxylamine groups is 2. The number of nitrogens with one attached hydrogen (secondary N) is 1. The Labute approximate surface area is 250 Å². The number of anilines is 1. The number of benzene rings is 3. The van der Waals surface area contributed by atoms with Crippen LogP contribution in [-0.4, -0.2) is 42.5 Å². The summed E-state index contributed by atoms with van der Waals surface area (Å²) < 4.78 is 12.4. The molecule has 2 amide bonds. The molecule has 9 nitrogen and oxygen atoms in total. The fourth-order valence-electron chi connectivity index (χ4n) is 5.31. The standard InChI is InChI=1S/C34H37N3O6/c1-5-35-27-19-29-25(17-21(27)3)34(26-18-22(4)28(36-6-2)20-30(26)42-29)23-10-12-24(13-11-23)41-16-8-7-9-33(40)43-37-31(38)14-15-32(37)39/h10-13,17-20,35H,5-9,14-16H2,1-4H3. The highest BCUT2D eigenvalue weighted by atomic mass is 16.7. The molecule has 1 aliphatic carbocycles. The van der Waals surface area contributed by atoms with Crippen LogP contribution in [0.3, 0.4) is 0 Å². The molecule has 1 N–H and O–H groups in total. The van der Waals surface area contributed by atoms with Crippen molar-refractivity contribution in [3.8, 4) is 28.2 Å². The Morgan fingerprint density at radius 1 is 0.977 bits per heavy atom. The summed E-state index contributed by atoms with van der Waals surface area (Å²) in [6.45, 7) is 10.2. The van der Waals surface area contributed by atoms with Crippen molar-refractivity contribution in [3.63, 3.8) is 0 Å². The van der Waals surface area contributed by atoms with Crippen molar-refractivity contribution in [1.82, 2.24) is 5.06 Å². The van der Waals surface area contributed by atoms with Gasteiger partial charge in [-0.3, -0.25) is 14.6 Å². The zero-order chi connectivity index (χ0) is 30.5. The molecule has 2 aromatic rings. The van der Waals surface area contributed by atoms with Gasteiger partial charge >= 0.3 is 5.97 Å². The molecule has 224 valence electrons. The van der Waals surface area contributed by atoms with E-state index in [1.54, 1.807) is 0 Å². The van der Waals surface area contributed by atoms with Gasteiger partial charge in [0.1, 0.15) is 17.1 Å². The van der Waals surface area contributed by atoms with Gasteiger partial charge in [0.15, 0.2) is 0 Å². The van der Waals surface area contributed by atoms with Crippen LogP contribution in [0, 0.1) is 13.8 Å². The van der Waals surface area contributed by atoms with E-state index in [0.29, 0.717) is 31.1 Å². The molecule has 43 heavy (non-hydrogen) atoms. The first-order valence-corrected chi connectivity index (χ1v) is 14.8. The number of carbonyl (C=O) groups is 3. The molecule has 2 aromatic carbocycles. The molecule has 2 heterocycles. The Hall–Kier alpha value is -4.66. The summed E-state index contributed by atoms with van der Waals surface area (Å²) in [4.78, 5) is 44.8. The van der Waals surface area contributed by atoms with E-state index in [9.17, 15) is 14.4 Å². The van der Waals surface area contributed by atoms with Crippen LogP contribution in [0.1, 0.15) is 57.1 Å². The molecule has 0 atom stereocenters. The first-order chi connectivity index (χ1) is 20.8. The number of hydrogen-bond acceptors (Lipinski definition) is 8. The molecule has 1 saturated heterocycles. The van der Waals surface area contributed by atoms with Crippen LogP contribution in [-0.2, 0) is 19.2 Å². The van der Waals surface area contributed by atoms with Gasteiger partial charge in [0.25, 0.3) is 11.8 Å². The fourth-order valence-corrected chi connectivity index (χ4v) is 5.31. The molecule has 0 aromatic heterocycles. The van der Waals surface area contributed by atoms with Gasteiger partial charge in [-0.15, -0.1) is 5.06 Å². The summed E-state index contributed by atoms with van der Waals surface area (Å²) in [5.41, 5.74) is 7.23. The normalized spacial score (nSPS) is 13.8. The van der Waals surface area contributed by atoms with Crippen molar-refractivity contribution in [2.75, 3.05) is 25.0 Å². The van der Waals surface area contributed by atoms with Crippen LogP contribution in [0.5, 0.6) is 5.75 Å². The Bertz CT molecular complexity index is 1690. The summed E-state index contributed by atoms with van der Waals surface area (Å²) in [5, 5.41) is 5.97. The molecular formula is C34H37N3O6. The number of fused-ring (bicyclic) bond motifs is 2. The van der Waals surface area contributed by atoms with Gasteiger partial charge in [0, 0.05) is 66.7 Å². The van der Waals surface area contributed by atoms with Crippen molar-refractivity contribution < 1.29 is 28.4 Å². The Balaban J connectivity index is 1.33. The molecule has 9 heteroatoms. The highest BCUT2D eigenvalue weighted by Gasteiger charge is 2.32. The van der Waals surface area contributed by atoms with Gasteiger partial charge in [0.2, 0.25) is 0 Å². The quantitative estimate of drug-likeness (QED) is 0.125. The summed E-state index contributed by atoms with van der Waals surface area (Å²) in [6, 6.07) is 16.4. The van der Waals surface area contributed by atoms with E-state index in [-0.39, 0.29) is 19.3 Å². The Kier molecular flexibility index (Phi) is 9.09. The summed E-state index contributed by atoms with van der Waals surface area (Å²) >= 11 is 0. The lowest BCUT2D eigenvalue weighted by molar-refractivity contribution is -0.197. The molecule has 0 spiro atoms. The van der Waals surface area contributed by atoms with Crippen LogP contribution in [0.4, 0.5) is 5.69 Å². The van der Waals surface area contributed by atoms with E-state index in [4.69, 9.17) is 14.0 Å². The predicted octanol–water partition coefficient (Wildman–Crippen LogP) is 6.33. The average molecular weight is 584 g/mol. The molecule has 3 aliphatic rings. The molecule has 0 radical (unpaired) electrons. The van der Waals surface area contributed by atoms with Crippen molar-refractivity contribution in [3.05, 3.63) is 65.0 Å². The number of nitrogens with zero attached hydrogens (tertiary/aromatic N) is 2. The first-order valence-electron chi connectivity index (χ1n) is 14.8. The Morgan fingerprint density at radius 2 is 1.72 bits per heavy atom. The summed E-state index contributed by atoms with van der Waals surface area (Å²) in [6.07, 6.45) is 1.39. The summed E-state index contributed by atoms with van der Waals surface area (Å²) in [7, 11) is 0. The summed E-state index contributed by atoms with van der Waals surface area (Å²) in [5.74, 6) is -0.0447. The first kappa shape index (κ1) is 29.8. The molecular weight excluding hydrogens is 546 g/mol. The van der Waals surface area contributed by atoms with E-state index in [1.165, 1.54) is 0 Å². The van der Waals surface area contributed by atoms with Gasteiger partial charge < -0.3 is 19.3 Å². The number of hydrogen-bond donors (Lipinski definition) is 1. The Morgan fingerprint density at radius 3 is 2.42 bits per heavy atom. The predicted molar refractivity (Wildman–Crippen MR) is 165 cm³/mol. The van der Waals surface area contributed by atoms with Gasteiger partial charge in [0.05, 0.1) is 12.0 Å². The van der Waals surface area contributed by atoms with Crippen molar-refractivity contribution >= 4 is 34.4 Å². The van der Waals surface area contributed by atoms with E-state index < -0.39 is 17.8 Å². The van der Waals surface area contributed by atoms with Crippen LogP contribution in [0.25, 0.3) is 33.4 Å². The van der Waals surface area contributed by atoms with Gasteiger partial charge in [-0.1, -0.05) is 12.1 Å². The van der Waals surface area contributed by atoms with Crippen LogP contribution in [0.2, 0.25) is 0 Å². The van der Waals surface area contributed by atoms with Gasteiger partial charge in [-0.25, -0.2) is 4.79 Å². The number of unbranched alkanes of at least 4 members (excludes halogenated alkanes) is 1. The number of amides is 2. The maximum Gasteiger partial charge on any atom is 0.333 e. The number of imide groups is 1. The lowest BCUT2D eigenvalue weighted by Gasteiger charge is -2.18. The SMILES string of the molecule is CCN=c1cc2oc3cc(NCC)c(C)cc3c(-c3ccc(OCCCCC(=O)ON4C(=O)CCC4=O)cc3)c-2cc1C. The molecule has 0 bridgehead atoms. The topological polar surface area (TPSA) is 110 Å². The minimum Gasteiger partial charge on any atom is -0.494 e. The maximum absolute atomic E-state index is 12.0. The molecule has 0 saturated carbocycles. The number of carbonyl (C=O) groups excluding carboxylic acids is 3. The van der Waals surface area contributed by atoms with E-state index >= 15 is 0 Å².